The maximum atomic E-state index is 12.8. The molecular weight excluding hydrogens is 354 g/mol. The fraction of sp³-hybridized carbons (Fsp3) is 0.611. The molecular formula is C18H27N3O4S. The molecule has 2 saturated heterocycles. The molecule has 0 saturated carbocycles. The minimum Gasteiger partial charge on any atom is -0.379 e. The predicted octanol–water partition coefficient (Wildman–Crippen LogP) is 0.630. The Bertz CT molecular complexity index is 732. The Morgan fingerprint density at radius 3 is 2.62 bits per heavy atom. The second kappa shape index (κ2) is 7.64. The maximum absolute atomic E-state index is 12.8. The van der Waals surface area contributed by atoms with Crippen LogP contribution in [0.1, 0.15) is 13.3 Å². The van der Waals surface area contributed by atoms with Crippen LogP contribution in [0.15, 0.2) is 35.2 Å². The lowest BCUT2D eigenvalue weighted by molar-refractivity contribution is -0.137. The van der Waals surface area contributed by atoms with Crippen LogP contribution in [0, 0.1) is 0 Å². The van der Waals surface area contributed by atoms with Gasteiger partial charge in [-0.15, -0.1) is 0 Å². The first-order valence-electron chi connectivity index (χ1n) is 9.01. The van der Waals surface area contributed by atoms with E-state index in [0.29, 0.717) is 26.3 Å². The van der Waals surface area contributed by atoms with Crippen molar-refractivity contribution < 1.29 is 17.9 Å². The number of hydrogen-bond acceptors (Lipinski definition) is 5. The van der Waals surface area contributed by atoms with Gasteiger partial charge in [-0.2, -0.15) is 4.31 Å². The van der Waals surface area contributed by atoms with Crippen molar-refractivity contribution in [1.82, 2.24) is 14.1 Å². The molecule has 1 atom stereocenters. The lowest BCUT2D eigenvalue weighted by Gasteiger charge is -2.48. The smallest absolute Gasteiger partial charge is 0.243 e. The summed E-state index contributed by atoms with van der Waals surface area (Å²) in [4.78, 5) is 17.2. The van der Waals surface area contributed by atoms with Gasteiger partial charge in [0.05, 0.1) is 23.6 Å². The van der Waals surface area contributed by atoms with Crippen LogP contribution in [0.3, 0.4) is 0 Å². The van der Waals surface area contributed by atoms with Crippen molar-refractivity contribution in [2.45, 2.75) is 23.8 Å². The van der Waals surface area contributed by atoms with E-state index in [9.17, 15) is 13.2 Å². The van der Waals surface area contributed by atoms with Crippen LogP contribution in [0.4, 0.5) is 0 Å². The van der Waals surface area contributed by atoms with Gasteiger partial charge in [-0.1, -0.05) is 25.1 Å². The third-order valence-corrected chi connectivity index (χ3v) is 7.24. The van der Waals surface area contributed by atoms with E-state index in [-0.39, 0.29) is 22.9 Å². The van der Waals surface area contributed by atoms with E-state index in [1.807, 2.05) is 0 Å². The maximum Gasteiger partial charge on any atom is 0.243 e. The summed E-state index contributed by atoms with van der Waals surface area (Å²) in [5, 5.41) is 0. The van der Waals surface area contributed by atoms with Crippen LogP contribution in [0.2, 0.25) is 0 Å². The summed E-state index contributed by atoms with van der Waals surface area (Å²) in [5.41, 5.74) is -0.125. The van der Waals surface area contributed by atoms with Gasteiger partial charge in [-0.25, -0.2) is 8.42 Å². The Morgan fingerprint density at radius 1 is 1.27 bits per heavy atom. The Labute approximate surface area is 155 Å². The average Bonchev–Trinajstić information content (AvgIpc) is 3.10. The molecule has 3 rings (SSSR count). The number of benzene rings is 1. The van der Waals surface area contributed by atoms with Crippen LogP contribution in [-0.4, -0.2) is 87.0 Å². The molecule has 0 aliphatic carbocycles. The molecule has 1 aromatic carbocycles. The molecule has 26 heavy (non-hydrogen) atoms. The third-order valence-electron chi connectivity index (χ3n) is 5.42. The van der Waals surface area contributed by atoms with Crippen LogP contribution in [0.25, 0.3) is 0 Å². The van der Waals surface area contributed by atoms with Gasteiger partial charge in [0.15, 0.2) is 0 Å². The number of nitrogens with zero attached hydrogens (tertiary/aromatic N) is 3. The largest absolute Gasteiger partial charge is 0.379 e. The molecule has 0 bridgehead atoms. The average molecular weight is 381 g/mol. The van der Waals surface area contributed by atoms with Crippen molar-refractivity contribution in [2.24, 2.45) is 0 Å². The van der Waals surface area contributed by atoms with Gasteiger partial charge in [0.25, 0.3) is 0 Å². The standard InChI is InChI=1S/C18H27N3O4S/c1-3-21-11-10-20(14-18(21)9-12-25-15-18)17(22)13-19(2)26(23,24)16-7-5-4-6-8-16/h4-8H,3,9-15H2,1-2H3. The summed E-state index contributed by atoms with van der Waals surface area (Å²) in [6, 6.07) is 8.20. The van der Waals surface area contributed by atoms with Gasteiger partial charge in [0.1, 0.15) is 0 Å². The number of ether oxygens (including phenoxy) is 1. The summed E-state index contributed by atoms with van der Waals surface area (Å²) < 4.78 is 32.0. The first kappa shape index (κ1) is 19.3. The summed E-state index contributed by atoms with van der Waals surface area (Å²) >= 11 is 0. The van der Waals surface area contributed by atoms with Crippen molar-refractivity contribution in [3.8, 4) is 0 Å². The monoisotopic (exact) mass is 381 g/mol. The quantitative estimate of drug-likeness (QED) is 0.748. The van der Waals surface area contributed by atoms with Crippen LogP contribution in [-0.2, 0) is 19.6 Å². The van der Waals surface area contributed by atoms with Crippen LogP contribution < -0.4 is 0 Å². The Balaban J connectivity index is 1.68. The molecule has 144 valence electrons. The Hall–Kier alpha value is -1.48. The molecule has 2 aliphatic rings. The molecule has 0 radical (unpaired) electrons. The van der Waals surface area contributed by atoms with Gasteiger partial charge < -0.3 is 9.64 Å². The van der Waals surface area contributed by atoms with E-state index in [2.05, 4.69) is 11.8 Å². The zero-order valence-electron chi connectivity index (χ0n) is 15.4. The predicted molar refractivity (Wildman–Crippen MR) is 98.3 cm³/mol. The number of piperazine rings is 1. The fourth-order valence-electron chi connectivity index (χ4n) is 3.84. The van der Waals surface area contributed by atoms with E-state index in [1.54, 1.807) is 35.2 Å². The van der Waals surface area contributed by atoms with Gasteiger partial charge >= 0.3 is 0 Å². The topological polar surface area (TPSA) is 70.2 Å². The van der Waals surface area contributed by atoms with E-state index in [0.717, 1.165) is 23.8 Å². The molecule has 8 heteroatoms. The fourth-order valence-corrected chi connectivity index (χ4v) is 4.98. The van der Waals surface area contributed by atoms with E-state index >= 15 is 0 Å². The molecule has 1 aromatic rings. The normalized spacial score (nSPS) is 24.5. The van der Waals surface area contributed by atoms with Gasteiger partial charge in [-0.3, -0.25) is 9.69 Å². The minimum absolute atomic E-state index is 0.125. The zero-order chi connectivity index (χ0) is 18.8. The molecule has 1 amide bonds. The van der Waals surface area contributed by atoms with E-state index < -0.39 is 10.0 Å². The number of rotatable bonds is 5. The lowest BCUT2D eigenvalue weighted by Crippen LogP contribution is -2.64. The Kier molecular flexibility index (Phi) is 5.67. The van der Waals surface area contributed by atoms with Gasteiger partial charge in [-0.05, 0) is 25.1 Å². The van der Waals surface area contributed by atoms with Gasteiger partial charge in [0.2, 0.25) is 15.9 Å². The highest BCUT2D eigenvalue weighted by molar-refractivity contribution is 7.89. The molecule has 1 unspecified atom stereocenters. The second-order valence-corrected chi connectivity index (χ2v) is 9.04. The highest BCUT2D eigenvalue weighted by Gasteiger charge is 2.45. The molecule has 0 aromatic heterocycles. The SMILES string of the molecule is CCN1CCN(C(=O)CN(C)S(=O)(=O)c2ccccc2)CC12CCOC2. The van der Waals surface area contributed by atoms with E-state index in [1.165, 1.54) is 7.05 Å². The molecule has 2 aliphatic heterocycles. The first-order valence-corrected chi connectivity index (χ1v) is 10.4. The number of sulfonamides is 1. The minimum atomic E-state index is -3.66. The molecule has 2 fully saturated rings. The number of carbonyl (C=O) groups is 1. The first-order chi connectivity index (χ1) is 12.4. The summed E-state index contributed by atoms with van der Waals surface area (Å²) in [7, 11) is -2.21. The van der Waals surface area contributed by atoms with Gasteiger partial charge in [0, 0.05) is 33.3 Å². The number of hydrogen-bond donors (Lipinski definition) is 0. The van der Waals surface area contributed by atoms with Crippen LogP contribution in [0.5, 0.6) is 0 Å². The molecule has 2 heterocycles. The Morgan fingerprint density at radius 2 is 2.00 bits per heavy atom. The molecule has 7 nitrogen and oxygen atoms in total. The van der Waals surface area contributed by atoms with Crippen molar-refractivity contribution in [3.05, 3.63) is 30.3 Å². The summed E-state index contributed by atoms with van der Waals surface area (Å²) in [6.45, 7) is 6.24. The third kappa shape index (κ3) is 3.64. The number of amides is 1. The molecule has 0 N–H and O–H groups in total. The van der Waals surface area contributed by atoms with Crippen molar-refractivity contribution in [2.75, 3.05) is 53.0 Å². The number of likely N-dealkylation sites (N-methyl/N-ethyl adjacent to an activating group) is 2. The van der Waals surface area contributed by atoms with Crippen molar-refractivity contribution >= 4 is 15.9 Å². The highest BCUT2D eigenvalue weighted by atomic mass is 32.2. The number of carbonyl (C=O) groups excluding carboxylic acids is 1. The van der Waals surface area contributed by atoms with Crippen molar-refractivity contribution in [3.63, 3.8) is 0 Å². The lowest BCUT2D eigenvalue weighted by atomic mass is 9.92. The van der Waals surface area contributed by atoms with Crippen LogP contribution >= 0.6 is 0 Å². The van der Waals surface area contributed by atoms with E-state index in [4.69, 9.17) is 4.74 Å². The highest BCUT2D eigenvalue weighted by Crippen LogP contribution is 2.30. The summed E-state index contributed by atoms with van der Waals surface area (Å²) in [5.74, 6) is -0.158. The molecule has 1 spiro atoms. The van der Waals surface area contributed by atoms with Crippen molar-refractivity contribution in [1.29, 1.82) is 0 Å². The summed E-state index contributed by atoms with van der Waals surface area (Å²) in [6.07, 6.45) is 0.906. The second-order valence-electron chi connectivity index (χ2n) is 7.00. The zero-order valence-corrected chi connectivity index (χ0v) is 16.2.